The molecule has 0 N–H and O–H groups in total. The third-order valence-electron chi connectivity index (χ3n) is 4.63. The van der Waals surface area contributed by atoms with E-state index in [1.54, 1.807) is 44.0 Å². The van der Waals surface area contributed by atoms with Gasteiger partial charge in [0.25, 0.3) is 5.56 Å². The molecule has 0 radical (unpaired) electrons. The second-order valence-electron chi connectivity index (χ2n) is 6.33. The Balaban J connectivity index is 1.71. The molecule has 0 unspecified atom stereocenters. The molecule has 150 valence electrons. The van der Waals surface area contributed by atoms with E-state index in [-0.39, 0.29) is 23.6 Å². The van der Waals surface area contributed by atoms with Crippen molar-refractivity contribution in [3.63, 3.8) is 0 Å². The lowest BCUT2D eigenvalue weighted by Crippen LogP contribution is -2.37. The second kappa shape index (κ2) is 6.93. The van der Waals surface area contributed by atoms with Gasteiger partial charge in [-0.3, -0.25) is 13.9 Å². The summed E-state index contributed by atoms with van der Waals surface area (Å²) in [6.07, 6.45) is 1.46. The van der Waals surface area contributed by atoms with Crippen molar-refractivity contribution < 1.29 is 14.0 Å². The van der Waals surface area contributed by atoms with Crippen LogP contribution < -0.4 is 20.7 Å². The Hall–Kier alpha value is -3.89. The van der Waals surface area contributed by atoms with Crippen LogP contribution in [-0.2, 0) is 20.6 Å². The Kier molecular flexibility index (Phi) is 4.41. The number of benzene rings is 1. The Labute approximate surface area is 163 Å². The van der Waals surface area contributed by atoms with Crippen LogP contribution >= 0.6 is 0 Å². The molecule has 0 aliphatic rings. The van der Waals surface area contributed by atoms with Gasteiger partial charge in [0.15, 0.2) is 22.7 Å². The highest BCUT2D eigenvalue weighted by Gasteiger charge is 2.17. The van der Waals surface area contributed by atoms with Gasteiger partial charge in [-0.2, -0.15) is 4.98 Å². The number of aryl methyl sites for hydroxylation is 1. The van der Waals surface area contributed by atoms with E-state index < -0.39 is 11.2 Å². The quantitative estimate of drug-likeness (QED) is 0.478. The van der Waals surface area contributed by atoms with E-state index in [4.69, 9.17) is 14.0 Å². The number of aromatic nitrogens is 6. The van der Waals surface area contributed by atoms with Gasteiger partial charge < -0.3 is 18.6 Å². The van der Waals surface area contributed by atoms with Crippen LogP contribution in [-0.4, -0.2) is 43.0 Å². The predicted octanol–water partition coefficient (Wildman–Crippen LogP) is 0.549. The molecule has 0 fully saturated rings. The summed E-state index contributed by atoms with van der Waals surface area (Å²) in [5.41, 5.74) is 0.367. The summed E-state index contributed by atoms with van der Waals surface area (Å²) < 4.78 is 19.8. The van der Waals surface area contributed by atoms with E-state index in [0.717, 1.165) is 4.57 Å². The first-order chi connectivity index (χ1) is 13.9. The molecule has 11 heteroatoms. The molecule has 0 spiro atoms. The van der Waals surface area contributed by atoms with E-state index >= 15 is 0 Å². The highest BCUT2D eigenvalue weighted by Crippen LogP contribution is 2.31. The lowest BCUT2D eigenvalue weighted by molar-refractivity contribution is 0.355. The summed E-state index contributed by atoms with van der Waals surface area (Å²) >= 11 is 0. The third kappa shape index (κ3) is 2.96. The maximum atomic E-state index is 12.5. The average Bonchev–Trinajstić information content (AvgIpc) is 3.38. The monoisotopic (exact) mass is 398 g/mol. The van der Waals surface area contributed by atoms with Crippen LogP contribution in [0.3, 0.4) is 0 Å². The number of nitrogens with zero attached hydrogens (tertiary/aromatic N) is 6. The minimum absolute atomic E-state index is 0.129. The van der Waals surface area contributed by atoms with Crippen LogP contribution in [0, 0.1) is 0 Å². The highest BCUT2D eigenvalue weighted by molar-refractivity contribution is 5.70. The molecule has 3 aromatic heterocycles. The third-order valence-corrected chi connectivity index (χ3v) is 4.63. The van der Waals surface area contributed by atoms with Crippen molar-refractivity contribution in [2.24, 2.45) is 14.1 Å². The summed E-state index contributed by atoms with van der Waals surface area (Å²) in [7, 11) is 6.08. The molecule has 0 saturated heterocycles. The van der Waals surface area contributed by atoms with Crippen molar-refractivity contribution >= 4 is 11.2 Å². The molecule has 1 aromatic carbocycles. The van der Waals surface area contributed by atoms with Crippen molar-refractivity contribution in [2.75, 3.05) is 14.2 Å². The minimum atomic E-state index is -0.444. The van der Waals surface area contributed by atoms with E-state index in [1.807, 2.05) is 0 Å². The maximum Gasteiger partial charge on any atom is 0.332 e. The fourth-order valence-electron chi connectivity index (χ4n) is 3.07. The van der Waals surface area contributed by atoms with Crippen LogP contribution in [0.25, 0.3) is 22.6 Å². The SMILES string of the molecule is COc1ccc(-c2noc(Cn3cnc4c3c(=O)n(C)c(=O)n4C)n2)cc1OC. The zero-order valence-corrected chi connectivity index (χ0v) is 16.2. The molecule has 0 aliphatic heterocycles. The normalized spacial score (nSPS) is 11.2. The molecule has 4 rings (SSSR count). The topological polar surface area (TPSA) is 119 Å². The van der Waals surface area contributed by atoms with Gasteiger partial charge in [-0.25, -0.2) is 9.78 Å². The zero-order chi connectivity index (χ0) is 20.7. The molecule has 0 aliphatic carbocycles. The number of hydrogen-bond donors (Lipinski definition) is 0. The summed E-state index contributed by atoms with van der Waals surface area (Å²) in [4.78, 5) is 33.1. The van der Waals surface area contributed by atoms with Crippen LogP contribution in [0.4, 0.5) is 0 Å². The minimum Gasteiger partial charge on any atom is -0.493 e. The Bertz CT molecular complexity index is 1330. The average molecular weight is 398 g/mol. The molecule has 3 heterocycles. The van der Waals surface area contributed by atoms with Crippen molar-refractivity contribution in [2.45, 2.75) is 6.54 Å². The van der Waals surface area contributed by atoms with Crippen molar-refractivity contribution in [3.05, 3.63) is 51.3 Å². The molecular formula is C18H18N6O5. The van der Waals surface area contributed by atoms with E-state index in [1.165, 1.54) is 17.9 Å². The van der Waals surface area contributed by atoms with Gasteiger partial charge in [0.1, 0.15) is 6.54 Å². The van der Waals surface area contributed by atoms with Crippen molar-refractivity contribution in [1.82, 2.24) is 28.8 Å². The van der Waals surface area contributed by atoms with E-state index in [0.29, 0.717) is 22.9 Å². The van der Waals surface area contributed by atoms with Crippen LogP contribution in [0.15, 0.2) is 38.6 Å². The van der Waals surface area contributed by atoms with Gasteiger partial charge in [0.05, 0.1) is 20.5 Å². The first kappa shape index (κ1) is 18.5. The lowest BCUT2D eigenvalue weighted by Gasteiger charge is -2.07. The molecule has 0 saturated carbocycles. The van der Waals surface area contributed by atoms with Crippen LogP contribution in [0.1, 0.15) is 5.89 Å². The molecule has 4 aromatic rings. The summed E-state index contributed by atoms with van der Waals surface area (Å²) in [5, 5.41) is 3.99. The van der Waals surface area contributed by atoms with Crippen LogP contribution in [0.5, 0.6) is 11.5 Å². The van der Waals surface area contributed by atoms with E-state index in [2.05, 4.69) is 15.1 Å². The molecular weight excluding hydrogens is 380 g/mol. The Morgan fingerprint density at radius 2 is 1.83 bits per heavy atom. The van der Waals surface area contributed by atoms with Gasteiger partial charge in [-0.15, -0.1) is 0 Å². The van der Waals surface area contributed by atoms with Gasteiger partial charge >= 0.3 is 5.69 Å². The van der Waals surface area contributed by atoms with Crippen molar-refractivity contribution in [1.29, 1.82) is 0 Å². The van der Waals surface area contributed by atoms with Crippen LogP contribution in [0.2, 0.25) is 0 Å². The summed E-state index contributed by atoms with van der Waals surface area (Å²) in [5.74, 6) is 1.78. The van der Waals surface area contributed by atoms with Gasteiger partial charge in [-0.05, 0) is 18.2 Å². The zero-order valence-electron chi connectivity index (χ0n) is 16.2. The maximum absolute atomic E-state index is 12.5. The largest absolute Gasteiger partial charge is 0.493 e. The first-order valence-corrected chi connectivity index (χ1v) is 8.60. The number of fused-ring (bicyclic) bond motifs is 1. The molecule has 11 nitrogen and oxygen atoms in total. The summed E-state index contributed by atoms with van der Waals surface area (Å²) in [6.45, 7) is 0.129. The Morgan fingerprint density at radius 3 is 2.55 bits per heavy atom. The van der Waals surface area contributed by atoms with Crippen molar-refractivity contribution in [3.8, 4) is 22.9 Å². The second-order valence-corrected chi connectivity index (χ2v) is 6.33. The lowest BCUT2D eigenvalue weighted by atomic mass is 10.2. The number of methoxy groups -OCH3 is 2. The molecule has 0 bridgehead atoms. The predicted molar refractivity (Wildman–Crippen MR) is 102 cm³/mol. The Morgan fingerprint density at radius 1 is 1.07 bits per heavy atom. The highest BCUT2D eigenvalue weighted by atomic mass is 16.5. The van der Waals surface area contributed by atoms with Gasteiger partial charge in [0, 0.05) is 19.7 Å². The smallest absolute Gasteiger partial charge is 0.332 e. The molecule has 0 atom stereocenters. The number of rotatable bonds is 5. The molecule has 29 heavy (non-hydrogen) atoms. The summed E-state index contributed by atoms with van der Waals surface area (Å²) in [6, 6.07) is 5.28. The van der Waals surface area contributed by atoms with Gasteiger partial charge in [-0.1, -0.05) is 5.16 Å². The van der Waals surface area contributed by atoms with Gasteiger partial charge in [0.2, 0.25) is 11.7 Å². The van der Waals surface area contributed by atoms with E-state index in [9.17, 15) is 9.59 Å². The fraction of sp³-hybridized carbons (Fsp3) is 0.278. The first-order valence-electron chi connectivity index (χ1n) is 8.60. The number of imidazole rings is 1. The standard InChI is InChI=1S/C18H18N6O5/c1-22-16-14(17(25)23(2)18(22)26)24(9-19-16)8-13-20-15(21-29-13)10-5-6-11(27-3)12(7-10)28-4/h5-7,9H,8H2,1-4H3. The number of ether oxygens (including phenoxy) is 2. The molecule has 0 amide bonds. The number of hydrogen-bond acceptors (Lipinski definition) is 8. The fourth-order valence-corrected chi connectivity index (χ4v) is 3.07.